The highest BCUT2D eigenvalue weighted by molar-refractivity contribution is 5.96. The van der Waals surface area contributed by atoms with E-state index in [0.29, 0.717) is 17.0 Å². The number of fused-ring (bicyclic) bond motifs is 2. The highest BCUT2D eigenvalue weighted by atomic mass is 19.1. The first-order valence-electron chi connectivity index (χ1n) is 14.1. The molecule has 2 saturated carbocycles. The molecule has 5 rings (SSSR count). The van der Waals surface area contributed by atoms with Crippen molar-refractivity contribution in [3.05, 3.63) is 89.5 Å². The third-order valence-electron chi connectivity index (χ3n) is 8.07. The summed E-state index contributed by atoms with van der Waals surface area (Å²) >= 11 is 0. The van der Waals surface area contributed by atoms with E-state index in [0.717, 1.165) is 43.0 Å². The lowest BCUT2D eigenvalue weighted by Crippen LogP contribution is -2.38. The summed E-state index contributed by atoms with van der Waals surface area (Å²) in [5.74, 6) is -1.77. The smallest absolute Gasteiger partial charge is 0.330 e. The Morgan fingerprint density at radius 1 is 0.975 bits per heavy atom. The normalized spacial score (nSPS) is 20.8. The third-order valence-corrected chi connectivity index (χ3v) is 8.07. The molecule has 5 nitrogen and oxygen atoms in total. The van der Waals surface area contributed by atoms with E-state index in [1.807, 2.05) is 43.3 Å². The van der Waals surface area contributed by atoms with Crippen LogP contribution in [-0.4, -0.2) is 33.1 Å². The molecule has 0 aromatic heterocycles. The van der Waals surface area contributed by atoms with Crippen LogP contribution in [0, 0.1) is 29.4 Å². The van der Waals surface area contributed by atoms with Crippen LogP contribution in [0.4, 0.5) is 20.2 Å². The van der Waals surface area contributed by atoms with Gasteiger partial charge in [0, 0.05) is 43.0 Å². The lowest BCUT2D eigenvalue weighted by atomic mass is 9.87. The summed E-state index contributed by atoms with van der Waals surface area (Å²) in [6, 6.07) is 16.3. The minimum Gasteiger partial charge on any atom is -0.466 e. The molecule has 7 heteroatoms. The molecular formula is C33H34F2N2O3. The van der Waals surface area contributed by atoms with Gasteiger partial charge in [-0.1, -0.05) is 30.7 Å². The molecule has 0 N–H and O–H groups in total. The zero-order valence-electron chi connectivity index (χ0n) is 23.9. The molecule has 0 aliphatic heterocycles. The maximum atomic E-state index is 15.7. The van der Waals surface area contributed by atoms with Crippen molar-refractivity contribution in [3.63, 3.8) is 0 Å². The highest BCUT2D eigenvalue weighted by Gasteiger charge is 2.44. The largest absolute Gasteiger partial charge is 0.466 e. The second-order valence-corrected chi connectivity index (χ2v) is 10.9. The number of benzene rings is 3. The molecule has 3 aromatic rings. The van der Waals surface area contributed by atoms with Crippen LogP contribution in [0.3, 0.4) is 0 Å². The van der Waals surface area contributed by atoms with Gasteiger partial charge in [-0.15, -0.1) is 0 Å². The van der Waals surface area contributed by atoms with Gasteiger partial charge in [0.15, 0.2) is 0 Å². The number of hydrogen-bond donors (Lipinski definition) is 0. The molecule has 40 heavy (non-hydrogen) atoms. The Labute approximate surface area is 235 Å². The van der Waals surface area contributed by atoms with Gasteiger partial charge >= 0.3 is 5.97 Å². The van der Waals surface area contributed by atoms with E-state index in [-0.39, 0.29) is 29.0 Å². The van der Waals surface area contributed by atoms with Gasteiger partial charge in [-0.3, -0.25) is 4.79 Å². The minimum atomic E-state index is -1.44. The monoisotopic (exact) mass is 545 g/mol. The van der Waals surface area contributed by atoms with Gasteiger partial charge in [-0.2, -0.15) is 0 Å². The van der Waals surface area contributed by atoms with E-state index in [4.69, 9.17) is 1.37 Å². The van der Waals surface area contributed by atoms with E-state index in [1.165, 1.54) is 48.4 Å². The fourth-order valence-electron chi connectivity index (χ4n) is 5.96. The summed E-state index contributed by atoms with van der Waals surface area (Å²) in [6.45, 7) is -1.44. The molecule has 4 atom stereocenters. The van der Waals surface area contributed by atoms with Crippen molar-refractivity contribution in [1.82, 2.24) is 0 Å². The Balaban J connectivity index is 1.51. The Bertz CT molecular complexity index is 1470. The van der Waals surface area contributed by atoms with Crippen LogP contribution in [0.5, 0.6) is 0 Å². The predicted octanol–water partition coefficient (Wildman–Crippen LogP) is 6.85. The van der Waals surface area contributed by atoms with Gasteiger partial charge in [-0.25, -0.2) is 13.6 Å². The van der Waals surface area contributed by atoms with Gasteiger partial charge in [0.1, 0.15) is 11.6 Å². The first-order chi connectivity index (χ1) is 19.6. The van der Waals surface area contributed by atoms with Crippen molar-refractivity contribution in [1.29, 1.82) is 0 Å². The van der Waals surface area contributed by atoms with Crippen LogP contribution in [0.2, 0.25) is 0 Å². The van der Waals surface area contributed by atoms with E-state index >= 15 is 4.39 Å². The Morgan fingerprint density at radius 3 is 2.35 bits per heavy atom. The molecule has 0 radical (unpaired) electrons. The third kappa shape index (κ3) is 5.93. The number of rotatable bonds is 8. The molecule has 2 aliphatic carbocycles. The molecule has 0 unspecified atom stereocenters. The van der Waals surface area contributed by atoms with Gasteiger partial charge in [-0.05, 0) is 90.3 Å². The molecule has 0 spiro atoms. The van der Waals surface area contributed by atoms with Crippen molar-refractivity contribution in [3.8, 4) is 11.1 Å². The number of carbonyl (C=O) groups is 2. The number of nitrogens with zero attached hydrogens (tertiary/aromatic N) is 2. The van der Waals surface area contributed by atoms with Crippen LogP contribution in [0.25, 0.3) is 17.2 Å². The van der Waals surface area contributed by atoms with Crippen molar-refractivity contribution in [2.45, 2.75) is 32.2 Å². The number of methoxy groups -OCH3 is 1. The summed E-state index contributed by atoms with van der Waals surface area (Å²) in [7, 11) is 5.12. The highest BCUT2D eigenvalue weighted by Crippen LogP contribution is 2.49. The second-order valence-electron chi connectivity index (χ2n) is 10.9. The minimum absolute atomic E-state index is 0.0195. The lowest BCUT2D eigenvalue weighted by Gasteiger charge is -2.30. The Hall–Kier alpha value is -4.00. The van der Waals surface area contributed by atoms with Crippen LogP contribution in [0.15, 0.2) is 66.7 Å². The number of amides is 1. The standard InChI is InChI=1S/C33H34F2N2O3/c1-36(2)28-11-9-23(10-12-28)24-7-8-26(31(35)18-24)20-37(33(39)30-17-21-4-6-25(30)14-21)29-16-22(15-27(34)19-29)5-13-32(38)40-3/h5,7-13,15-16,18-19,21,25,30H,4,6,14,17,20H2,1-3H3/b13-5+/t21-,25+,30+/m0/s1/i20D/t20-,21+,25-,30-/m1. The molecule has 2 bridgehead atoms. The fourth-order valence-corrected chi connectivity index (χ4v) is 5.96. The van der Waals surface area contributed by atoms with Gasteiger partial charge in [0.25, 0.3) is 0 Å². The van der Waals surface area contributed by atoms with Gasteiger partial charge in [0.05, 0.1) is 15.0 Å². The molecule has 3 aromatic carbocycles. The molecule has 0 saturated heterocycles. The molecule has 1 amide bonds. The number of hydrogen-bond acceptors (Lipinski definition) is 4. The van der Waals surface area contributed by atoms with Crippen molar-refractivity contribution < 1.29 is 24.5 Å². The topological polar surface area (TPSA) is 49.9 Å². The first kappa shape index (κ1) is 26.2. The summed E-state index contributed by atoms with van der Waals surface area (Å²) < 4.78 is 44.2. The summed E-state index contributed by atoms with van der Waals surface area (Å²) in [6.07, 6.45) is 6.27. The number of carbonyl (C=O) groups excluding carboxylic acids is 2. The van der Waals surface area contributed by atoms with E-state index in [2.05, 4.69) is 4.74 Å². The first-order valence-corrected chi connectivity index (χ1v) is 13.5. The van der Waals surface area contributed by atoms with Gasteiger partial charge in [0.2, 0.25) is 5.91 Å². The predicted molar refractivity (Wildman–Crippen MR) is 154 cm³/mol. The SMILES string of the molecule is [2H][C@H](c1ccc(-c2ccc(N(C)C)cc2)cc1F)N(C(=O)[C@@H]1C[C@H]2CC[C@@H]1C2)c1cc(F)cc(/C=C/C(=O)OC)c1. The molecule has 2 aliphatic rings. The average Bonchev–Trinajstić information content (AvgIpc) is 3.60. The summed E-state index contributed by atoms with van der Waals surface area (Å²) in [4.78, 5) is 28.8. The van der Waals surface area contributed by atoms with E-state index in [9.17, 15) is 14.0 Å². The Kier molecular flexibility index (Phi) is 7.62. The quantitative estimate of drug-likeness (QED) is 0.229. The lowest BCUT2D eigenvalue weighted by molar-refractivity contribution is -0.134. The summed E-state index contributed by atoms with van der Waals surface area (Å²) in [5, 5.41) is 0. The number of ether oxygens (including phenoxy) is 1. The zero-order valence-corrected chi connectivity index (χ0v) is 22.9. The van der Waals surface area contributed by atoms with Crippen molar-refractivity contribution in [2.75, 3.05) is 31.0 Å². The van der Waals surface area contributed by atoms with Crippen molar-refractivity contribution >= 4 is 29.3 Å². The van der Waals surface area contributed by atoms with E-state index in [1.54, 1.807) is 6.07 Å². The second kappa shape index (κ2) is 11.6. The maximum Gasteiger partial charge on any atom is 0.330 e. The number of halogens is 2. The molecular weight excluding hydrogens is 510 g/mol. The maximum absolute atomic E-state index is 15.7. The van der Waals surface area contributed by atoms with Gasteiger partial charge < -0.3 is 14.5 Å². The van der Waals surface area contributed by atoms with Crippen LogP contribution in [0.1, 0.15) is 38.2 Å². The van der Waals surface area contributed by atoms with Crippen LogP contribution in [-0.2, 0) is 20.8 Å². The number of esters is 1. The Morgan fingerprint density at radius 2 is 1.73 bits per heavy atom. The number of anilines is 2. The zero-order chi connectivity index (χ0) is 29.3. The fraction of sp³-hybridized carbons (Fsp3) is 0.333. The van der Waals surface area contributed by atoms with Crippen molar-refractivity contribution in [2.24, 2.45) is 17.8 Å². The van der Waals surface area contributed by atoms with Crippen LogP contribution < -0.4 is 9.80 Å². The average molecular weight is 546 g/mol. The van der Waals surface area contributed by atoms with Crippen LogP contribution >= 0.6 is 0 Å². The molecule has 208 valence electrons. The van der Waals surface area contributed by atoms with E-state index < -0.39 is 24.1 Å². The summed E-state index contributed by atoms with van der Waals surface area (Å²) in [5.41, 5.74) is 2.97. The molecule has 0 heterocycles. The molecule has 2 fully saturated rings.